The fraction of sp³-hybridized carbons (Fsp3) is 0.533. The van der Waals surface area contributed by atoms with Gasteiger partial charge < -0.3 is 9.55 Å². The lowest BCUT2D eigenvalue weighted by Gasteiger charge is -2.35. The summed E-state index contributed by atoms with van der Waals surface area (Å²) < 4.78 is 16.6. The topological polar surface area (TPSA) is 20.7 Å². The van der Waals surface area contributed by atoms with Crippen molar-refractivity contribution in [1.82, 2.24) is 9.55 Å². The van der Waals surface area contributed by atoms with E-state index in [1.807, 2.05) is 6.07 Å². The maximum Gasteiger partial charge on any atom is 0.178 e. The van der Waals surface area contributed by atoms with E-state index in [1.165, 1.54) is 18.9 Å². The molecule has 0 saturated heterocycles. The van der Waals surface area contributed by atoms with Crippen molar-refractivity contribution < 1.29 is 4.39 Å². The van der Waals surface area contributed by atoms with Gasteiger partial charge in [0.15, 0.2) is 4.77 Å². The normalized spacial score (nSPS) is 27.8. The summed E-state index contributed by atoms with van der Waals surface area (Å²) in [5.41, 5.74) is 1.44. The summed E-state index contributed by atoms with van der Waals surface area (Å²) in [7, 11) is 0. The number of aromatic amines is 1. The zero-order valence-electron chi connectivity index (χ0n) is 11.3. The Morgan fingerprint density at radius 3 is 2.89 bits per heavy atom. The van der Waals surface area contributed by atoms with Crippen molar-refractivity contribution in [3.05, 3.63) is 28.8 Å². The van der Waals surface area contributed by atoms with Gasteiger partial charge in [0.05, 0.1) is 5.52 Å². The van der Waals surface area contributed by atoms with Gasteiger partial charge in [0.2, 0.25) is 0 Å². The molecule has 1 aliphatic carbocycles. The summed E-state index contributed by atoms with van der Waals surface area (Å²) in [6, 6.07) is 5.57. The highest BCUT2D eigenvalue weighted by Gasteiger charge is 2.29. The van der Waals surface area contributed by atoms with Crippen molar-refractivity contribution in [2.24, 2.45) is 11.8 Å². The van der Waals surface area contributed by atoms with Gasteiger partial charge in [-0.15, -0.1) is 0 Å². The third-order valence-corrected chi connectivity index (χ3v) is 5.00. The fourth-order valence-electron chi connectivity index (χ4n) is 3.36. The largest absolute Gasteiger partial charge is 0.328 e. The van der Waals surface area contributed by atoms with Gasteiger partial charge in [-0.2, -0.15) is 0 Å². The Hall–Kier alpha value is -1.16. The summed E-state index contributed by atoms with van der Waals surface area (Å²) in [5.74, 6) is 1.04. The SMILES string of the molecule is CC1CCCC(n2c(=S)[nH]c3c(F)cccc32)C1C. The molecule has 3 unspecified atom stereocenters. The number of fused-ring (bicyclic) bond motifs is 1. The number of para-hydroxylation sites is 1. The minimum absolute atomic E-state index is 0.223. The number of nitrogens with one attached hydrogen (secondary N) is 1. The van der Waals surface area contributed by atoms with Crippen LogP contribution in [-0.2, 0) is 0 Å². The average Bonchev–Trinajstić information content (AvgIpc) is 2.71. The van der Waals surface area contributed by atoms with Gasteiger partial charge >= 0.3 is 0 Å². The number of benzene rings is 1. The highest BCUT2D eigenvalue weighted by molar-refractivity contribution is 7.71. The van der Waals surface area contributed by atoms with Gasteiger partial charge in [0.25, 0.3) is 0 Å². The fourth-order valence-corrected chi connectivity index (χ4v) is 3.70. The van der Waals surface area contributed by atoms with Crippen LogP contribution in [0.2, 0.25) is 0 Å². The molecule has 1 aliphatic rings. The molecule has 1 fully saturated rings. The number of hydrogen-bond donors (Lipinski definition) is 1. The lowest BCUT2D eigenvalue weighted by molar-refractivity contribution is 0.188. The van der Waals surface area contributed by atoms with Crippen LogP contribution in [-0.4, -0.2) is 9.55 Å². The molecule has 1 heterocycles. The Balaban J connectivity index is 2.17. The summed E-state index contributed by atoms with van der Waals surface area (Å²) in [4.78, 5) is 3.03. The molecule has 19 heavy (non-hydrogen) atoms. The van der Waals surface area contributed by atoms with Gasteiger partial charge in [-0.1, -0.05) is 32.8 Å². The molecule has 0 aliphatic heterocycles. The number of H-pyrrole nitrogens is 1. The molecule has 0 spiro atoms. The van der Waals surface area contributed by atoms with E-state index in [1.54, 1.807) is 6.07 Å². The number of nitrogens with zero attached hydrogens (tertiary/aromatic N) is 1. The second kappa shape index (κ2) is 4.75. The lowest BCUT2D eigenvalue weighted by Crippen LogP contribution is -2.27. The summed E-state index contributed by atoms with van der Waals surface area (Å²) in [5, 5.41) is 0. The van der Waals surface area contributed by atoms with Crippen LogP contribution in [0.4, 0.5) is 4.39 Å². The molecule has 0 bridgehead atoms. The van der Waals surface area contributed by atoms with Crippen molar-refractivity contribution in [3.8, 4) is 0 Å². The predicted molar refractivity (Wildman–Crippen MR) is 78.3 cm³/mol. The van der Waals surface area contributed by atoms with E-state index < -0.39 is 0 Å². The van der Waals surface area contributed by atoms with Gasteiger partial charge in [-0.3, -0.25) is 0 Å². The van der Waals surface area contributed by atoms with E-state index in [2.05, 4.69) is 23.4 Å². The van der Waals surface area contributed by atoms with Gasteiger partial charge in [-0.05, 0) is 42.6 Å². The average molecular weight is 278 g/mol. The molecule has 4 heteroatoms. The molecule has 1 N–H and O–H groups in total. The number of imidazole rings is 1. The second-order valence-electron chi connectivity index (χ2n) is 5.77. The van der Waals surface area contributed by atoms with Crippen LogP contribution in [0.25, 0.3) is 11.0 Å². The van der Waals surface area contributed by atoms with E-state index in [4.69, 9.17) is 12.2 Å². The quantitative estimate of drug-likeness (QED) is 0.741. The molecule has 1 aromatic carbocycles. The Labute approximate surface area is 117 Å². The lowest BCUT2D eigenvalue weighted by atomic mass is 9.78. The molecular formula is C15H19FN2S. The van der Waals surface area contributed by atoms with E-state index in [0.29, 0.717) is 28.2 Å². The Morgan fingerprint density at radius 1 is 1.32 bits per heavy atom. The monoisotopic (exact) mass is 278 g/mol. The molecular weight excluding hydrogens is 259 g/mol. The molecule has 0 radical (unpaired) electrons. The first kappa shape index (κ1) is 12.9. The highest BCUT2D eigenvalue weighted by Crippen LogP contribution is 2.39. The van der Waals surface area contributed by atoms with Gasteiger partial charge in [0, 0.05) is 6.04 Å². The van der Waals surface area contributed by atoms with Crippen LogP contribution < -0.4 is 0 Å². The van der Waals surface area contributed by atoms with Crippen LogP contribution in [0.5, 0.6) is 0 Å². The first-order valence-corrected chi connectivity index (χ1v) is 7.39. The molecule has 3 atom stereocenters. The zero-order valence-corrected chi connectivity index (χ0v) is 12.1. The maximum atomic E-state index is 13.8. The molecule has 102 valence electrons. The van der Waals surface area contributed by atoms with Crippen LogP contribution in [0.1, 0.15) is 39.2 Å². The van der Waals surface area contributed by atoms with E-state index in [-0.39, 0.29) is 5.82 Å². The number of hydrogen-bond acceptors (Lipinski definition) is 1. The minimum atomic E-state index is -0.223. The molecule has 0 amide bonds. The van der Waals surface area contributed by atoms with Gasteiger partial charge in [0.1, 0.15) is 11.3 Å². The third-order valence-electron chi connectivity index (χ3n) is 4.70. The third kappa shape index (κ3) is 2.02. The first-order chi connectivity index (χ1) is 9.09. The van der Waals surface area contributed by atoms with E-state index >= 15 is 0 Å². The van der Waals surface area contributed by atoms with Crippen molar-refractivity contribution >= 4 is 23.3 Å². The van der Waals surface area contributed by atoms with Crippen molar-refractivity contribution in [2.75, 3.05) is 0 Å². The molecule has 2 nitrogen and oxygen atoms in total. The second-order valence-corrected chi connectivity index (χ2v) is 6.16. The van der Waals surface area contributed by atoms with Crippen molar-refractivity contribution in [3.63, 3.8) is 0 Å². The zero-order chi connectivity index (χ0) is 13.6. The van der Waals surface area contributed by atoms with E-state index in [9.17, 15) is 4.39 Å². The first-order valence-electron chi connectivity index (χ1n) is 6.98. The number of aromatic nitrogens is 2. The van der Waals surface area contributed by atoms with Crippen LogP contribution >= 0.6 is 12.2 Å². The molecule has 2 aromatic rings. The summed E-state index contributed by atoms with van der Waals surface area (Å²) >= 11 is 5.43. The Kier molecular flexibility index (Phi) is 3.21. The number of rotatable bonds is 1. The van der Waals surface area contributed by atoms with Crippen LogP contribution in [0, 0.1) is 22.4 Å². The summed E-state index contributed by atoms with van der Waals surface area (Å²) in [6.45, 7) is 4.59. The maximum absolute atomic E-state index is 13.8. The molecule has 1 saturated carbocycles. The predicted octanol–water partition coefficient (Wildman–Crippen LogP) is 4.84. The van der Waals surface area contributed by atoms with Crippen molar-refractivity contribution in [2.45, 2.75) is 39.2 Å². The molecule has 3 rings (SSSR count). The number of halogens is 1. The Morgan fingerprint density at radius 2 is 2.11 bits per heavy atom. The highest BCUT2D eigenvalue weighted by atomic mass is 32.1. The standard InChI is InChI=1S/C15H19FN2S/c1-9-5-3-7-12(10(9)2)18-13-8-4-6-11(16)14(13)17-15(18)19/h4,6,8-10,12H,3,5,7H2,1-2H3,(H,17,19). The molecule has 1 aromatic heterocycles. The smallest absolute Gasteiger partial charge is 0.178 e. The summed E-state index contributed by atoms with van der Waals surface area (Å²) in [6.07, 6.45) is 3.63. The minimum Gasteiger partial charge on any atom is -0.328 e. The van der Waals surface area contributed by atoms with Crippen LogP contribution in [0.15, 0.2) is 18.2 Å². The van der Waals surface area contributed by atoms with Crippen molar-refractivity contribution in [1.29, 1.82) is 0 Å². The van der Waals surface area contributed by atoms with Crippen LogP contribution in [0.3, 0.4) is 0 Å². The van der Waals surface area contributed by atoms with Gasteiger partial charge in [-0.25, -0.2) is 4.39 Å². The Bertz CT molecular complexity index is 658. The van der Waals surface area contributed by atoms with E-state index in [0.717, 1.165) is 11.9 Å².